The van der Waals surface area contributed by atoms with Crippen LogP contribution in [0.1, 0.15) is 117 Å². The fraction of sp³-hybridized carbons (Fsp3) is 0.607. The number of carbonyl (C=O) groups excluding carboxylic acids is 2. The SMILES string of the molecule is CC(C)(C)c1ccc(C(=O)N(Cc2nc(C(=O)NC3CCCCC3)co2)C2CCCCC2)cc1. The van der Waals surface area contributed by atoms with Crippen LogP contribution in [0.2, 0.25) is 0 Å². The average molecular weight is 466 g/mol. The number of nitrogens with zero attached hydrogens (tertiary/aromatic N) is 2. The standard InChI is InChI=1S/C28H39N3O3/c1-28(2,3)21-16-14-20(15-17-21)27(33)31(23-12-8-5-9-13-23)18-25-30-24(19-34-25)26(32)29-22-10-6-4-7-11-22/h14-17,19,22-23H,4-13,18H2,1-3H3,(H,29,32). The van der Waals surface area contributed by atoms with Gasteiger partial charge < -0.3 is 14.6 Å². The number of hydrogen-bond donors (Lipinski definition) is 1. The second-order valence-electron chi connectivity index (χ2n) is 11.0. The molecule has 0 atom stereocenters. The third-order valence-electron chi connectivity index (χ3n) is 7.30. The Morgan fingerprint density at radius 1 is 0.971 bits per heavy atom. The van der Waals surface area contributed by atoms with Crippen molar-refractivity contribution in [3.8, 4) is 0 Å². The number of oxazole rings is 1. The Bertz CT molecular complexity index is 962. The molecule has 184 valence electrons. The second-order valence-corrected chi connectivity index (χ2v) is 11.0. The summed E-state index contributed by atoms with van der Waals surface area (Å²) in [6, 6.07) is 8.33. The van der Waals surface area contributed by atoms with Gasteiger partial charge in [0.05, 0.1) is 6.54 Å². The van der Waals surface area contributed by atoms with E-state index in [1.807, 2.05) is 29.2 Å². The molecule has 34 heavy (non-hydrogen) atoms. The first-order chi connectivity index (χ1) is 16.3. The molecule has 2 saturated carbocycles. The predicted molar refractivity (Wildman–Crippen MR) is 133 cm³/mol. The van der Waals surface area contributed by atoms with Gasteiger partial charge in [-0.15, -0.1) is 0 Å². The first-order valence-corrected chi connectivity index (χ1v) is 13.0. The molecule has 6 heteroatoms. The lowest BCUT2D eigenvalue weighted by Gasteiger charge is -2.33. The van der Waals surface area contributed by atoms with E-state index in [0.29, 0.717) is 17.1 Å². The van der Waals surface area contributed by atoms with Crippen molar-refractivity contribution in [1.29, 1.82) is 0 Å². The number of aromatic nitrogens is 1. The van der Waals surface area contributed by atoms with Crippen molar-refractivity contribution >= 4 is 11.8 Å². The summed E-state index contributed by atoms with van der Waals surface area (Å²) in [6.07, 6.45) is 12.5. The van der Waals surface area contributed by atoms with Crippen molar-refractivity contribution in [1.82, 2.24) is 15.2 Å². The molecule has 0 aliphatic heterocycles. The van der Waals surface area contributed by atoms with Crippen LogP contribution in [0.5, 0.6) is 0 Å². The molecule has 6 nitrogen and oxygen atoms in total. The van der Waals surface area contributed by atoms with Gasteiger partial charge in [0.25, 0.3) is 11.8 Å². The molecule has 2 fully saturated rings. The Kier molecular flexibility index (Phi) is 7.74. The number of nitrogens with one attached hydrogen (secondary N) is 1. The molecule has 2 aromatic rings. The molecule has 1 aromatic heterocycles. The Hall–Kier alpha value is -2.63. The minimum absolute atomic E-state index is 0.00114. The van der Waals surface area contributed by atoms with Gasteiger partial charge in [0.2, 0.25) is 5.89 Å². The summed E-state index contributed by atoms with van der Waals surface area (Å²) in [6.45, 7) is 6.79. The summed E-state index contributed by atoms with van der Waals surface area (Å²) in [5.41, 5.74) is 2.22. The van der Waals surface area contributed by atoms with Crippen molar-refractivity contribution in [3.05, 3.63) is 53.2 Å². The smallest absolute Gasteiger partial charge is 0.273 e. The van der Waals surface area contributed by atoms with Crippen LogP contribution < -0.4 is 5.32 Å². The number of amides is 2. The molecule has 0 bridgehead atoms. The lowest BCUT2D eigenvalue weighted by molar-refractivity contribution is 0.0591. The first kappa shape index (κ1) is 24.5. The van der Waals surface area contributed by atoms with E-state index in [1.165, 1.54) is 24.7 Å². The van der Waals surface area contributed by atoms with Gasteiger partial charge in [-0.1, -0.05) is 71.4 Å². The van der Waals surface area contributed by atoms with E-state index in [2.05, 4.69) is 31.1 Å². The molecule has 2 aliphatic rings. The average Bonchev–Trinajstić information content (AvgIpc) is 3.32. The van der Waals surface area contributed by atoms with E-state index in [9.17, 15) is 9.59 Å². The Morgan fingerprint density at radius 2 is 1.59 bits per heavy atom. The Balaban J connectivity index is 1.48. The maximum absolute atomic E-state index is 13.6. The maximum Gasteiger partial charge on any atom is 0.273 e. The lowest BCUT2D eigenvalue weighted by Crippen LogP contribution is -2.41. The fourth-order valence-electron chi connectivity index (χ4n) is 5.18. The van der Waals surface area contributed by atoms with Gasteiger partial charge in [0.15, 0.2) is 5.69 Å². The number of benzene rings is 1. The predicted octanol–water partition coefficient (Wildman–Crippen LogP) is 6.01. The summed E-state index contributed by atoms with van der Waals surface area (Å²) in [4.78, 5) is 32.6. The summed E-state index contributed by atoms with van der Waals surface area (Å²) in [7, 11) is 0. The van der Waals surface area contributed by atoms with Gasteiger partial charge in [-0.2, -0.15) is 0 Å². The molecule has 1 aromatic carbocycles. The minimum atomic E-state index is -0.185. The van der Waals surface area contributed by atoms with Gasteiger partial charge in [0.1, 0.15) is 6.26 Å². The molecule has 0 spiro atoms. The van der Waals surface area contributed by atoms with Gasteiger partial charge >= 0.3 is 0 Å². The van der Waals surface area contributed by atoms with E-state index in [4.69, 9.17) is 4.42 Å². The van der Waals surface area contributed by atoms with Crippen LogP contribution in [0.4, 0.5) is 0 Å². The molecule has 2 amide bonds. The van der Waals surface area contributed by atoms with Crippen LogP contribution in [-0.4, -0.2) is 33.8 Å². The van der Waals surface area contributed by atoms with Crippen molar-refractivity contribution in [2.45, 2.75) is 109 Å². The summed E-state index contributed by atoms with van der Waals surface area (Å²) >= 11 is 0. The van der Waals surface area contributed by atoms with Crippen LogP contribution in [0, 0.1) is 0 Å². The Labute approximate surface area is 203 Å². The van der Waals surface area contributed by atoms with Crippen LogP contribution >= 0.6 is 0 Å². The van der Waals surface area contributed by atoms with Crippen LogP contribution in [0.15, 0.2) is 34.9 Å². The largest absolute Gasteiger partial charge is 0.446 e. The molecule has 4 rings (SSSR count). The zero-order valence-corrected chi connectivity index (χ0v) is 20.9. The van der Waals surface area contributed by atoms with E-state index >= 15 is 0 Å². The maximum atomic E-state index is 13.6. The highest BCUT2D eigenvalue weighted by Gasteiger charge is 2.29. The topological polar surface area (TPSA) is 75.4 Å². The fourth-order valence-corrected chi connectivity index (χ4v) is 5.18. The van der Waals surface area contributed by atoms with Crippen molar-refractivity contribution < 1.29 is 14.0 Å². The van der Waals surface area contributed by atoms with Crippen molar-refractivity contribution in [2.24, 2.45) is 0 Å². The number of carbonyl (C=O) groups is 2. The van der Waals surface area contributed by atoms with Crippen LogP contribution in [0.3, 0.4) is 0 Å². The molecule has 0 unspecified atom stereocenters. The third-order valence-corrected chi connectivity index (χ3v) is 7.30. The van der Waals surface area contributed by atoms with E-state index in [0.717, 1.165) is 51.4 Å². The third kappa shape index (κ3) is 6.08. The molecule has 1 heterocycles. The summed E-state index contributed by atoms with van der Waals surface area (Å²) in [5, 5.41) is 3.09. The van der Waals surface area contributed by atoms with Crippen LogP contribution in [0.25, 0.3) is 0 Å². The monoisotopic (exact) mass is 465 g/mol. The summed E-state index contributed by atoms with van der Waals surface area (Å²) in [5.74, 6) is 0.230. The van der Waals surface area contributed by atoms with E-state index < -0.39 is 0 Å². The zero-order valence-electron chi connectivity index (χ0n) is 20.9. The normalized spacial score (nSPS) is 18.0. The highest BCUT2D eigenvalue weighted by atomic mass is 16.3. The second kappa shape index (κ2) is 10.7. The first-order valence-electron chi connectivity index (χ1n) is 13.0. The summed E-state index contributed by atoms with van der Waals surface area (Å²) < 4.78 is 5.68. The van der Waals surface area contributed by atoms with Crippen molar-refractivity contribution in [3.63, 3.8) is 0 Å². The molecular formula is C28H39N3O3. The Morgan fingerprint density at radius 3 is 2.21 bits per heavy atom. The molecular weight excluding hydrogens is 426 g/mol. The van der Waals surface area contributed by atoms with Gasteiger partial charge in [-0.05, 0) is 48.8 Å². The quantitative estimate of drug-likeness (QED) is 0.567. The molecule has 1 N–H and O–H groups in total. The minimum Gasteiger partial charge on any atom is -0.446 e. The van der Waals surface area contributed by atoms with Crippen LogP contribution in [-0.2, 0) is 12.0 Å². The zero-order chi connectivity index (χ0) is 24.1. The molecule has 2 aliphatic carbocycles. The molecule has 0 saturated heterocycles. The van der Waals surface area contributed by atoms with E-state index in [1.54, 1.807) is 0 Å². The van der Waals surface area contributed by atoms with Gasteiger partial charge in [-0.3, -0.25) is 9.59 Å². The number of hydrogen-bond acceptors (Lipinski definition) is 4. The lowest BCUT2D eigenvalue weighted by atomic mass is 9.86. The highest BCUT2D eigenvalue weighted by Crippen LogP contribution is 2.27. The van der Waals surface area contributed by atoms with E-state index in [-0.39, 0.29) is 35.9 Å². The van der Waals surface area contributed by atoms with Gasteiger partial charge in [-0.25, -0.2) is 4.98 Å². The number of rotatable bonds is 6. The van der Waals surface area contributed by atoms with Gasteiger partial charge in [0, 0.05) is 17.6 Å². The highest BCUT2D eigenvalue weighted by molar-refractivity contribution is 5.94. The molecule has 0 radical (unpaired) electrons. The van der Waals surface area contributed by atoms with Crippen molar-refractivity contribution in [2.75, 3.05) is 0 Å².